The summed E-state index contributed by atoms with van der Waals surface area (Å²) in [5, 5.41) is 11.3. The number of carbonyl (C=O) groups is 1. The lowest BCUT2D eigenvalue weighted by atomic mass is 9.96. The van der Waals surface area contributed by atoms with Crippen molar-refractivity contribution in [3.63, 3.8) is 0 Å². The summed E-state index contributed by atoms with van der Waals surface area (Å²) < 4.78 is 44.2. The third kappa shape index (κ3) is 4.09. The number of alkyl halides is 3. The molecule has 1 aliphatic heterocycles. The third-order valence-corrected chi connectivity index (χ3v) is 5.98. The van der Waals surface area contributed by atoms with Crippen LogP contribution < -0.4 is 5.32 Å². The van der Waals surface area contributed by atoms with Crippen LogP contribution in [0.5, 0.6) is 0 Å². The minimum Gasteiger partial charge on any atom is -0.363 e. The summed E-state index contributed by atoms with van der Waals surface area (Å²) in [6.07, 6.45) is -3.03. The number of anilines is 1. The topological polar surface area (TPSA) is 68.0 Å². The number of benzene rings is 1. The van der Waals surface area contributed by atoms with Crippen LogP contribution in [0.25, 0.3) is 0 Å². The van der Waals surface area contributed by atoms with E-state index in [1.54, 1.807) is 25.0 Å². The molecule has 0 saturated heterocycles. The van der Waals surface area contributed by atoms with Crippen LogP contribution in [-0.2, 0) is 13.6 Å². The van der Waals surface area contributed by atoms with E-state index in [9.17, 15) is 18.0 Å². The van der Waals surface area contributed by atoms with Crippen LogP contribution in [0.2, 0.25) is 0 Å². The van der Waals surface area contributed by atoms with Crippen LogP contribution >= 0.6 is 0 Å². The van der Waals surface area contributed by atoms with E-state index >= 15 is 0 Å². The molecule has 7 nitrogen and oxygen atoms in total. The molecule has 1 aliphatic rings. The van der Waals surface area contributed by atoms with Crippen molar-refractivity contribution in [1.82, 2.24) is 24.5 Å². The van der Waals surface area contributed by atoms with Gasteiger partial charge in [0.05, 0.1) is 12.2 Å². The number of fused-ring (bicyclic) bond motifs is 1. The zero-order chi connectivity index (χ0) is 23.2. The maximum Gasteiger partial charge on any atom is 0.410 e. The lowest BCUT2D eigenvalue weighted by Crippen LogP contribution is -2.35. The molecule has 3 aromatic rings. The first-order valence-electron chi connectivity index (χ1n) is 10.3. The number of aryl methyl sites for hydroxylation is 2. The molecule has 170 valence electrons. The summed E-state index contributed by atoms with van der Waals surface area (Å²) in [4.78, 5) is 14.4. The number of carbonyl (C=O) groups excluding carboxylic acids is 1. The molecule has 1 amide bonds. The van der Waals surface area contributed by atoms with Gasteiger partial charge in [0.15, 0.2) is 11.7 Å². The quantitative estimate of drug-likeness (QED) is 0.653. The highest BCUT2D eigenvalue weighted by molar-refractivity contribution is 5.93. The van der Waals surface area contributed by atoms with Crippen LogP contribution in [0.4, 0.5) is 19.0 Å². The Morgan fingerprint density at radius 2 is 1.94 bits per heavy atom. The number of nitrogens with one attached hydrogen (secondary N) is 1. The Balaban J connectivity index is 1.61. The van der Waals surface area contributed by atoms with Crippen LogP contribution in [-0.4, -0.2) is 43.6 Å². The predicted octanol–water partition coefficient (Wildman–Crippen LogP) is 4.17. The van der Waals surface area contributed by atoms with Gasteiger partial charge in [0, 0.05) is 44.4 Å². The number of rotatable bonds is 4. The van der Waals surface area contributed by atoms with Gasteiger partial charge in [0.25, 0.3) is 5.91 Å². The highest BCUT2D eigenvalue weighted by Crippen LogP contribution is 2.43. The number of nitrogens with zero attached hydrogens (tertiary/aromatic N) is 5. The van der Waals surface area contributed by atoms with Crippen LogP contribution in [0.15, 0.2) is 36.5 Å². The maximum absolute atomic E-state index is 13.9. The highest BCUT2D eigenvalue weighted by atomic mass is 19.4. The molecule has 1 aromatic carbocycles. The fraction of sp³-hybridized carbons (Fsp3) is 0.409. The largest absolute Gasteiger partial charge is 0.410 e. The van der Waals surface area contributed by atoms with Crippen molar-refractivity contribution in [2.24, 2.45) is 7.05 Å². The van der Waals surface area contributed by atoms with E-state index in [2.05, 4.69) is 15.5 Å². The first kappa shape index (κ1) is 21.9. The number of aromatic nitrogens is 4. The third-order valence-electron chi connectivity index (χ3n) is 5.98. The van der Waals surface area contributed by atoms with E-state index in [-0.39, 0.29) is 24.5 Å². The van der Waals surface area contributed by atoms with Gasteiger partial charge in [0.2, 0.25) is 0 Å². The average molecular weight is 446 g/mol. The molecular formula is C22H25F3N6O. The number of amides is 1. The van der Waals surface area contributed by atoms with Crippen molar-refractivity contribution in [2.75, 3.05) is 12.4 Å². The molecule has 0 bridgehead atoms. The first-order valence-corrected chi connectivity index (χ1v) is 10.3. The Bertz CT molecular complexity index is 1130. The average Bonchev–Trinajstić information content (AvgIpc) is 3.30. The molecule has 0 aliphatic carbocycles. The zero-order valence-corrected chi connectivity index (χ0v) is 18.3. The SMILES string of the molecule is Cc1ccc([C@@H]2C[C@H](C(F)(F)F)n3nc(C(=O)N(C)Cc4cnn(C)c4C)cc3N2)cc1. The van der Waals surface area contributed by atoms with Crippen molar-refractivity contribution in [1.29, 1.82) is 0 Å². The van der Waals surface area contributed by atoms with Gasteiger partial charge >= 0.3 is 6.18 Å². The molecule has 0 unspecified atom stereocenters. The second-order valence-corrected chi connectivity index (χ2v) is 8.30. The predicted molar refractivity (Wildman–Crippen MR) is 113 cm³/mol. The van der Waals surface area contributed by atoms with Crippen LogP contribution in [0.1, 0.15) is 51.4 Å². The van der Waals surface area contributed by atoms with Gasteiger partial charge < -0.3 is 10.2 Å². The molecule has 0 radical (unpaired) electrons. The number of hydrogen-bond acceptors (Lipinski definition) is 4. The van der Waals surface area contributed by atoms with Crippen LogP contribution in [0.3, 0.4) is 0 Å². The van der Waals surface area contributed by atoms with Gasteiger partial charge in [0.1, 0.15) is 5.82 Å². The standard InChI is InChI=1S/C22H25F3N6O/c1-13-5-7-15(8-6-13)17-9-19(22(23,24)25)31-20(27-17)10-18(28-31)21(32)29(3)12-16-11-26-30(4)14(16)2/h5-8,10-11,17,19,27H,9,12H2,1-4H3/t17-,19+/m0/s1. The second-order valence-electron chi connectivity index (χ2n) is 8.30. The maximum atomic E-state index is 13.9. The molecule has 0 spiro atoms. The molecule has 3 heterocycles. The van der Waals surface area contributed by atoms with Gasteiger partial charge in [-0.1, -0.05) is 29.8 Å². The lowest BCUT2D eigenvalue weighted by Gasteiger charge is -2.33. The summed E-state index contributed by atoms with van der Waals surface area (Å²) in [7, 11) is 3.40. The molecule has 32 heavy (non-hydrogen) atoms. The zero-order valence-electron chi connectivity index (χ0n) is 18.3. The monoisotopic (exact) mass is 446 g/mol. The molecule has 0 fully saturated rings. The van der Waals surface area contributed by atoms with Gasteiger partial charge in [-0.15, -0.1) is 0 Å². The van der Waals surface area contributed by atoms with Gasteiger partial charge in [-0.2, -0.15) is 23.4 Å². The van der Waals surface area contributed by atoms with Gasteiger partial charge in [-0.05, 0) is 19.4 Å². The minimum absolute atomic E-state index is 0.0321. The van der Waals surface area contributed by atoms with E-state index in [0.29, 0.717) is 0 Å². The lowest BCUT2D eigenvalue weighted by molar-refractivity contribution is -0.173. The van der Waals surface area contributed by atoms with Crippen molar-refractivity contribution in [2.45, 2.75) is 45.1 Å². The fourth-order valence-electron chi connectivity index (χ4n) is 3.92. The van der Waals surface area contributed by atoms with E-state index in [4.69, 9.17) is 0 Å². The molecular weight excluding hydrogens is 421 g/mol. The van der Waals surface area contributed by atoms with Gasteiger partial charge in [-0.3, -0.25) is 9.48 Å². The molecule has 10 heteroatoms. The van der Waals surface area contributed by atoms with E-state index < -0.39 is 24.2 Å². The van der Waals surface area contributed by atoms with E-state index in [1.807, 2.05) is 38.1 Å². The van der Waals surface area contributed by atoms with Crippen molar-refractivity contribution in [3.05, 3.63) is 64.6 Å². The van der Waals surface area contributed by atoms with Crippen molar-refractivity contribution < 1.29 is 18.0 Å². The first-order chi connectivity index (χ1) is 15.0. The summed E-state index contributed by atoms with van der Waals surface area (Å²) in [5.41, 5.74) is 3.53. The van der Waals surface area contributed by atoms with Crippen molar-refractivity contribution in [3.8, 4) is 0 Å². The highest BCUT2D eigenvalue weighted by Gasteiger charge is 2.46. The molecule has 2 aromatic heterocycles. The minimum atomic E-state index is -4.50. The van der Waals surface area contributed by atoms with E-state index in [0.717, 1.165) is 27.1 Å². The Labute approximate surface area is 183 Å². The van der Waals surface area contributed by atoms with Gasteiger partial charge in [-0.25, -0.2) is 4.68 Å². The number of hydrogen-bond donors (Lipinski definition) is 1. The molecule has 4 rings (SSSR count). The molecule has 0 saturated carbocycles. The summed E-state index contributed by atoms with van der Waals surface area (Å²) >= 11 is 0. The number of halogens is 3. The Hall–Kier alpha value is -3.30. The van der Waals surface area contributed by atoms with Crippen molar-refractivity contribution >= 4 is 11.7 Å². The molecule has 2 atom stereocenters. The Morgan fingerprint density at radius 3 is 2.53 bits per heavy atom. The smallest absolute Gasteiger partial charge is 0.363 e. The fourth-order valence-corrected chi connectivity index (χ4v) is 3.92. The van der Waals surface area contributed by atoms with E-state index in [1.165, 1.54) is 11.0 Å². The summed E-state index contributed by atoms with van der Waals surface area (Å²) in [5.74, 6) is -0.275. The van der Waals surface area contributed by atoms with Crippen LogP contribution in [0, 0.1) is 13.8 Å². The molecule has 1 N–H and O–H groups in total. The summed E-state index contributed by atoms with van der Waals surface area (Å²) in [6.45, 7) is 4.09. The Kier molecular flexibility index (Phi) is 5.47. The second kappa shape index (κ2) is 7.99. The summed E-state index contributed by atoms with van der Waals surface area (Å²) in [6, 6.07) is 6.42. The Morgan fingerprint density at radius 1 is 1.25 bits per heavy atom. The normalized spacial score (nSPS) is 18.2.